The molecule has 0 aromatic heterocycles. The van der Waals surface area contributed by atoms with E-state index in [9.17, 15) is 0 Å². The van der Waals surface area contributed by atoms with Gasteiger partial charge in [0.05, 0.1) is 0 Å². The SMILES string of the molecule is c1ccc(-c2ccc(N(Cc3cc4c5c(c3)N(Cc3c(-c6ccccc6)cc(-c6ccccc6)cc3-c3ccccc3)c3ccc(-c6cc7cccc8c9cccc%10cccc(c(c6)c78)c%109)cc3B5c3cc(-c5ccccc5)ccc3N4Cc3c(-c4ccccc4)cc(-c4ccccc4)cc3-c3ccccc3)c3ccc(-c4ccccc4)cc3)cc2)cc1. The topological polar surface area (TPSA) is 9.72 Å². The molecular weight excluding hydrogens is 1480 g/mol. The number of hydrogen-bond donors (Lipinski definition) is 0. The van der Waals surface area contributed by atoms with Crippen molar-refractivity contribution in [2.75, 3.05) is 14.7 Å². The van der Waals surface area contributed by atoms with Crippen molar-refractivity contribution in [1.82, 2.24) is 0 Å². The summed E-state index contributed by atoms with van der Waals surface area (Å²) in [7, 11) is 0. The zero-order chi connectivity index (χ0) is 81.3. The van der Waals surface area contributed by atoms with Gasteiger partial charge < -0.3 is 14.7 Å². The number of benzene rings is 21. The van der Waals surface area contributed by atoms with Crippen LogP contribution in [0.4, 0.5) is 34.1 Å². The Morgan fingerprint density at radius 2 is 0.496 bits per heavy atom. The predicted molar refractivity (Wildman–Crippen MR) is 523 cm³/mol. The second kappa shape index (κ2) is 30.9. The van der Waals surface area contributed by atoms with Crippen molar-refractivity contribution in [3.05, 3.63) is 478 Å². The molecule has 2 aliphatic rings. The second-order valence-electron chi connectivity index (χ2n) is 32.9. The lowest BCUT2D eigenvalue weighted by Crippen LogP contribution is -2.62. The lowest BCUT2D eigenvalue weighted by Gasteiger charge is -2.45. The Morgan fingerprint density at radius 1 is 0.203 bits per heavy atom. The standard InChI is InChI=1S/C119H82BN3/c1-10-31-81(32-11-1)86-55-61-99(62-56-86)121(100-63-57-87(58-64-100)82-33-12-2-13-34-82)77-80-67-115-119-116(68-80)123(79-110-106(90-45-24-8-25-46-90)72-98(85-39-18-5-19-40-85)73-107(110)91-47-26-9-27-48-91)114-66-60-94(96-69-95-51-30-53-102-101-52-28-49-92-50-29-54-103(117(92)101)108(74-96)118(95)102)76-112(114)120(119)111-75-93(83-35-14-3-15-36-83)59-65-113(111)122(115)78-109-104(88-41-20-6-21-42-88)70-97(84-37-16-4-17-38-84)71-105(109)89-43-22-7-23-44-89/h1-76H,77-79H2. The highest BCUT2D eigenvalue weighted by molar-refractivity contribution is 7.00. The van der Waals surface area contributed by atoms with Gasteiger partial charge in [0, 0.05) is 53.8 Å². The smallest absolute Gasteiger partial charge is 0.252 e. The Kier molecular flexibility index (Phi) is 18.3. The van der Waals surface area contributed by atoms with Crippen molar-refractivity contribution in [2.45, 2.75) is 19.6 Å². The van der Waals surface area contributed by atoms with Gasteiger partial charge in [-0.2, -0.15) is 0 Å². The maximum atomic E-state index is 2.75. The Bertz CT molecular complexity index is 7290. The number of nitrogens with zero attached hydrogens (tertiary/aromatic N) is 3. The normalized spacial score (nSPS) is 12.1. The molecule has 0 N–H and O–H groups in total. The van der Waals surface area contributed by atoms with Gasteiger partial charge in [0.1, 0.15) is 0 Å². The third-order valence-corrected chi connectivity index (χ3v) is 25.8. The van der Waals surface area contributed by atoms with Crippen LogP contribution < -0.4 is 31.1 Å². The highest BCUT2D eigenvalue weighted by Crippen LogP contribution is 2.50. The fourth-order valence-corrected chi connectivity index (χ4v) is 20.0. The summed E-state index contributed by atoms with van der Waals surface area (Å²) in [6.45, 7) is 1.31. The molecule has 0 radical (unpaired) electrons. The summed E-state index contributed by atoms with van der Waals surface area (Å²) in [5.41, 5.74) is 37.7. The Hall–Kier alpha value is -15.6. The van der Waals surface area contributed by atoms with Gasteiger partial charge in [-0.05, 0) is 272 Å². The minimum absolute atomic E-state index is 0.270. The number of hydrogen-bond acceptors (Lipinski definition) is 3. The van der Waals surface area contributed by atoms with Crippen LogP contribution in [0.25, 0.3) is 154 Å². The molecule has 21 aromatic rings. The molecule has 0 amide bonds. The molecule has 3 nitrogen and oxygen atoms in total. The van der Waals surface area contributed by atoms with E-state index in [0.717, 1.165) is 56.3 Å². The van der Waals surface area contributed by atoms with Crippen molar-refractivity contribution >= 4 is 100 Å². The van der Waals surface area contributed by atoms with Crippen LogP contribution in [0.5, 0.6) is 0 Å². The number of anilines is 6. The largest absolute Gasteiger partial charge is 0.338 e. The molecule has 0 saturated heterocycles. The fraction of sp³-hybridized carbons (Fsp3) is 0.0252. The minimum Gasteiger partial charge on any atom is -0.338 e. The summed E-state index contributed by atoms with van der Waals surface area (Å²) >= 11 is 0. The summed E-state index contributed by atoms with van der Waals surface area (Å²) in [6.07, 6.45) is 0. The molecule has 0 saturated carbocycles. The Labute approximate surface area is 718 Å². The summed E-state index contributed by atoms with van der Waals surface area (Å²) in [4.78, 5) is 8.03. The molecule has 2 heterocycles. The minimum atomic E-state index is -0.270. The van der Waals surface area contributed by atoms with Crippen LogP contribution in [0.3, 0.4) is 0 Å². The van der Waals surface area contributed by atoms with E-state index in [1.807, 2.05) is 0 Å². The van der Waals surface area contributed by atoms with Crippen LogP contribution in [0, 0.1) is 0 Å². The number of fused-ring (bicyclic) bond motifs is 6. The van der Waals surface area contributed by atoms with Gasteiger partial charge in [-0.1, -0.05) is 376 Å². The van der Waals surface area contributed by atoms with E-state index in [4.69, 9.17) is 0 Å². The van der Waals surface area contributed by atoms with Crippen LogP contribution >= 0.6 is 0 Å². The average molecular weight is 1560 g/mol. The van der Waals surface area contributed by atoms with Gasteiger partial charge in [0.2, 0.25) is 0 Å². The van der Waals surface area contributed by atoms with Crippen LogP contribution in [-0.4, -0.2) is 6.71 Å². The van der Waals surface area contributed by atoms with E-state index in [2.05, 4.69) is 476 Å². The monoisotopic (exact) mass is 1560 g/mol. The van der Waals surface area contributed by atoms with Crippen molar-refractivity contribution in [1.29, 1.82) is 0 Å². The van der Waals surface area contributed by atoms with Crippen LogP contribution in [0.1, 0.15) is 16.7 Å². The van der Waals surface area contributed by atoms with E-state index in [-0.39, 0.29) is 6.71 Å². The molecule has 576 valence electrons. The predicted octanol–water partition coefficient (Wildman–Crippen LogP) is 29.6. The molecule has 0 bridgehead atoms. The summed E-state index contributed by atoms with van der Waals surface area (Å²) in [5, 5.41) is 10.2. The van der Waals surface area contributed by atoms with E-state index in [1.54, 1.807) is 0 Å². The van der Waals surface area contributed by atoms with Gasteiger partial charge in [0.25, 0.3) is 6.71 Å². The van der Waals surface area contributed by atoms with Crippen LogP contribution in [-0.2, 0) is 19.6 Å². The third kappa shape index (κ3) is 13.2. The second-order valence-corrected chi connectivity index (χ2v) is 32.9. The first-order valence-corrected chi connectivity index (χ1v) is 42.9. The van der Waals surface area contributed by atoms with Crippen LogP contribution in [0.15, 0.2) is 461 Å². The van der Waals surface area contributed by atoms with E-state index in [1.165, 1.54) is 165 Å². The first-order valence-electron chi connectivity index (χ1n) is 42.9. The molecular formula is C119H82BN3. The van der Waals surface area contributed by atoms with Crippen molar-refractivity contribution < 1.29 is 0 Å². The van der Waals surface area contributed by atoms with E-state index >= 15 is 0 Å². The quantitative estimate of drug-likeness (QED) is 0.0482. The highest BCUT2D eigenvalue weighted by Gasteiger charge is 2.44. The maximum Gasteiger partial charge on any atom is 0.252 e. The molecule has 0 atom stereocenters. The van der Waals surface area contributed by atoms with Crippen LogP contribution in [0.2, 0.25) is 0 Å². The number of rotatable bonds is 18. The zero-order valence-electron chi connectivity index (χ0n) is 67.9. The zero-order valence-corrected chi connectivity index (χ0v) is 67.9. The van der Waals surface area contributed by atoms with Crippen molar-refractivity contribution in [3.63, 3.8) is 0 Å². The molecule has 23 rings (SSSR count). The molecule has 0 fully saturated rings. The Balaban J connectivity index is 0.825. The third-order valence-electron chi connectivity index (χ3n) is 25.8. The first kappa shape index (κ1) is 72.6. The van der Waals surface area contributed by atoms with Crippen molar-refractivity contribution in [3.8, 4) is 111 Å². The van der Waals surface area contributed by atoms with Crippen molar-refractivity contribution in [2.24, 2.45) is 0 Å². The lowest BCUT2D eigenvalue weighted by molar-refractivity contribution is 0.941. The van der Waals surface area contributed by atoms with Gasteiger partial charge in [-0.15, -0.1) is 0 Å². The molecule has 0 aliphatic carbocycles. The van der Waals surface area contributed by atoms with E-state index in [0.29, 0.717) is 19.6 Å². The molecule has 0 spiro atoms. The van der Waals surface area contributed by atoms with E-state index < -0.39 is 0 Å². The summed E-state index contributed by atoms with van der Waals surface area (Å²) in [6, 6.07) is 173. The molecule has 4 heteroatoms. The highest BCUT2D eigenvalue weighted by atomic mass is 15.2. The Morgan fingerprint density at radius 3 is 0.870 bits per heavy atom. The van der Waals surface area contributed by atoms with Gasteiger partial charge in [0.15, 0.2) is 0 Å². The van der Waals surface area contributed by atoms with Gasteiger partial charge >= 0.3 is 0 Å². The maximum absolute atomic E-state index is 2.75. The molecule has 123 heavy (non-hydrogen) atoms. The summed E-state index contributed by atoms with van der Waals surface area (Å²) in [5.74, 6) is 0. The summed E-state index contributed by atoms with van der Waals surface area (Å²) < 4.78 is 0. The van der Waals surface area contributed by atoms with Gasteiger partial charge in [-0.25, -0.2) is 0 Å². The average Bonchev–Trinajstić information content (AvgIpc) is 0.698. The first-order chi connectivity index (χ1) is 61.0. The molecule has 21 aromatic carbocycles. The fourth-order valence-electron chi connectivity index (χ4n) is 20.0. The molecule has 0 unspecified atom stereocenters. The lowest BCUT2D eigenvalue weighted by atomic mass is 9.33. The molecule has 2 aliphatic heterocycles. The van der Waals surface area contributed by atoms with Gasteiger partial charge in [-0.3, -0.25) is 0 Å².